The third-order valence-electron chi connectivity index (χ3n) is 4.69. The Morgan fingerprint density at radius 2 is 1.86 bits per heavy atom. The van der Waals surface area contributed by atoms with E-state index in [1.54, 1.807) is 31.2 Å². The maximum absolute atomic E-state index is 14.4. The lowest BCUT2D eigenvalue weighted by Crippen LogP contribution is -2.14. The van der Waals surface area contributed by atoms with Crippen LogP contribution in [0.5, 0.6) is 5.75 Å². The molecular formula is C22H21BrFNO4. The number of carbonyl (C=O) groups excluding carboxylic acids is 2. The number of ether oxygens (including phenoxy) is 2. The molecule has 152 valence electrons. The van der Waals surface area contributed by atoms with Crippen molar-refractivity contribution in [3.63, 3.8) is 0 Å². The van der Waals surface area contributed by atoms with Gasteiger partial charge in [0.05, 0.1) is 25.7 Å². The molecule has 0 N–H and O–H groups in total. The molecule has 0 saturated heterocycles. The van der Waals surface area contributed by atoms with Gasteiger partial charge in [0.2, 0.25) is 0 Å². The van der Waals surface area contributed by atoms with E-state index in [4.69, 9.17) is 9.47 Å². The van der Waals surface area contributed by atoms with Gasteiger partial charge in [-0.15, -0.1) is 0 Å². The molecule has 7 heteroatoms. The van der Waals surface area contributed by atoms with Gasteiger partial charge in [-0.25, -0.2) is 4.39 Å². The van der Waals surface area contributed by atoms with Crippen LogP contribution in [-0.2, 0) is 16.0 Å². The highest BCUT2D eigenvalue weighted by Crippen LogP contribution is 2.32. The molecule has 0 amide bonds. The van der Waals surface area contributed by atoms with Crippen molar-refractivity contribution in [1.29, 1.82) is 0 Å². The lowest BCUT2D eigenvalue weighted by Gasteiger charge is -2.08. The van der Waals surface area contributed by atoms with Gasteiger partial charge in [-0.1, -0.05) is 22.9 Å². The summed E-state index contributed by atoms with van der Waals surface area (Å²) in [5.74, 6) is -1.23. The predicted octanol–water partition coefficient (Wildman–Crippen LogP) is 5.04. The van der Waals surface area contributed by atoms with Crippen molar-refractivity contribution in [1.82, 2.24) is 4.57 Å². The minimum atomic E-state index is -0.581. The zero-order valence-electron chi connectivity index (χ0n) is 16.4. The van der Waals surface area contributed by atoms with E-state index in [2.05, 4.69) is 15.9 Å². The van der Waals surface area contributed by atoms with Crippen molar-refractivity contribution in [3.05, 3.63) is 63.5 Å². The minimum Gasteiger partial charge on any atom is -0.494 e. The molecule has 0 aliphatic heterocycles. The molecule has 29 heavy (non-hydrogen) atoms. The van der Waals surface area contributed by atoms with Crippen molar-refractivity contribution in [3.8, 4) is 5.75 Å². The summed E-state index contributed by atoms with van der Waals surface area (Å²) in [6, 6.07) is 9.69. The summed E-state index contributed by atoms with van der Waals surface area (Å²) in [7, 11) is 1.37. The fourth-order valence-electron chi connectivity index (χ4n) is 3.25. The lowest BCUT2D eigenvalue weighted by molar-refractivity contribution is -0.142. The second-order valence-electron chi connectivity index (χ2n) is 6.61. The molecule has 0 saturated carbocycles. The van der Waals surface area contributed by atoms with E-state index >= 15 is 0 Å². The van der Waals surface area contributed by atoms with Crippen molar-refractivity contribution in [2.45, 2.75) is 26.7 Å². The summed E-state index contributed by atoms with van der Waals surface area (Å²) < 4.78 is 27.0. The number of halogens is 2. The molecular weight excluding hydrogens is 441 g/mol. The largest absolute Gasteiger partial charge is 0.494 e. The number of hydrogen-bond donors (Lipinski definition) is 0. The van der Waals surface area contributed by atoms with E-state index in [-0.39, 0.29) is 18.1 Å². The van der Waals surface area contributed by atoms with Crippen molar-refractivity contribution in [2.75, 3.05) is 13.7 Å². The van der Waals surface area contributed by atoms with Gasteiger partial charge in [0, 0.05) is 27.2 Å². The standard InChI is InChI=1S/C22H21BrFNO4/c1-4-9-29-21(26)11-16-13(2)25(22(27)14-5-7-15(23)8-6-14)19-12-18(24)20(28-3)10-17(16)19/h5-8,10,12H,4,9,11H2,1-3H3. The molecule has 0 bridgehead atoms. The highest BCUT2D eigenvalue weighted by Gasteiger charge is 2.23. The second-order valence-corrected chi connectivity index (χ2v) is 7.53. The molecule has 5 nitrogen and oxygen atoms in total. The number of methoxy groups -OCH3 is 1. The smallest absolute Gasteiger partial charge is 0.310 e. The average Bonchev–Trinajstić information content (AvgIpc) is 2.96. The Balaban J connectivity index is 2.17. The van der Waals surface area contributed by atoms with Gasteiger partial charge in [-0.05, 0) is 49.2 Å². The zero-order chi connectivity index (χ0) is 21.1. The quantitative estimate of drug-likeness (QED) is 0.482. The van der Waals surface area contributed by atoms with E-state index in [1.807, 2.05) is 6.92 Å². The Labute approximate surface area is 176 Å². The summed E-state index contributed by atoms with van der Waals surface area (Å²) >= 11 is 3.35. The van der Waals surface area contributed by atoms with Crippen molar-refractivity contribution < 1.29 is 23.5 Å². The molecule has 0 aliphatic rings. The van der Waals surface area contributed by atoms with E-state index < -0.39 is 11.8 Å². The van der Waals surface area contributed by atoms with Crippen LogP contribution >= 0.6 is 15.9 Å². The first-order valence-electron chi connectivity index (χ1n) is 9.20. The Morgan fingerprint density at radius 1 is 1.17 bits per heavy atom. The molecule has 0 fully saturated rings. The zero-order valence-corrected chi connectivity index (χ0v) is 18.0. The average molecular weight is 462 g/mol. The van der Waals surface area contributed by atoms with Gasteiger partial charge in [0.25, 0.3) is 5.91 Å². The Morgan fingerprint density at radius 3 is 2.48 bits per heavy atom. The molecule has 2 aromatic carbocycles. The third-order valence-corrected chi connectivity index (χ3v) is 5.22. The summed E-state index contributed by atoms with van der Waals surface area (Å²) in [6.45, 7) is 3.98. The van der Waals surface area contributed by atoms with Crippen LogP contribution in [0.25, 0.3) is 10.9 Å². The first-order chi connectivity index (χ1) is 13.9. The molecule has 3 aromatic rings. The van der Waals surface area contributed by atoms with Crippen molar-refractivity contribution >= 4 is 38.7 Å². The first-order valence-corrected chi connectivity index (χ1v) is 10.00. The number of nitrogens with zero attached hydrogens (tertiary/aromatic N) is 1. The lowest BCUT2D eigenvalue weighted by atomic mass is 10.1. The van der Waals surface area contributed by atoms with Gasteiger partial charge in [0.1, 0.15) is 0 Å². The maximum atomic E-state index is 14.4. The van der Waals surface area contributed by atoms with Gasteiger partial charge in [-0.3, -0.25) is 14.2 Å². The van der Waals surface area contributed by atoms with Crippen LogP contribution in [0.15, 0.2) is 40.9 Å². The van der Waals surface area contributed by atoms with Crippen LogP contribution in [0.2, 0.25) is 0 Å². The Hall–Kier alpha value is -2.67. The van der Waals surface area contributed by atoms with E-state index in [0.717, 1.165) is 4.47 Å². The summed E-state index contributed by atoms with van der Waals surface area (Å²) in [6.07, 6.45) is 0.700. The summed E-state index contributed by atoms with van der Waals surface area (Å²) in [5.41, 5.74) is 2.01. The third kappa shape index (κ3) is 4.19. The summed E-state index contributed by atoms with van der Waals surface area (Å²) in [4.78, 5) is 25.5. The van der Waals surface area contributed by atoms with Gasteiger partial charge in [0.15, 0.2) is 11.6 Å². The number of carbonyl (C=O) groups is 2. The molecule has 1 heterocycles. The van der Waals surface area contributed by atoms with E-state index in [9.17, 15) is 14.0 Å². The highest BCUT2D eigenvalue weighted by molar-refractivity contribution is 9.10. The molecule has 0 radical (unpaired) electrons. The van der Waals surface area contributed by atoms with Gasteiger partial charge >= 0.3 is 5.97 Å². The van der Waals surface area contributed by atoms with E-state index in [0.29, 0.717) is 40.8 Å². The van der Waals surface area contributed by atoms with Crippen LogP contribution < -0.4 is 4.74 Å². The summed E-state index contributed by atoms with van der Waals surface area (Å²) in [5, 5.41) is 0.583. The number of hydrogen-bond acceptors (Lipinski definition) is 4. The molecule has 0 spiro atoms. The van der Waals surface area contributed by atoms with Crippen LogP contribution in [0.3, 0.4) is 0 Å². The maximum Gasteiger partial charge on any atom is 0.310 e. The van der Waals surface area contributed by atoms with Crippen molar-refractivity contribution in [2.24, 2.45) is 0 Å². The number of benzene rings is 2. The van der Waals surface area contributed by atoms with Gasteiger partial charge < -0.3 is 9.47 Å². The Kier molecular flexibility index (Phi) is 6.37. The molecule has 0 aliphatic carbocycles. The van der Waals surface area contributed by atoms with E-state index in [1.165, 1.54) is 23.8 Å². The second kappa shape index (κ2) is 8.78. The normalized spacial score (nSPS) is 10.9. The molecule has 3 rings (SSSR count). The monoisotopic (exact) mass is 461 g/mol. The first kappa shape index (κ1) is 21.0. The number of fused-ring (bicyclic) bond motifs is 1. The van der Waals surface area contributed by atoms with Crippen LogP contribution in [0, 0.1) is 12.7 Å². The SMILES string of the molecule is CCCOC(=O)Cc1c(C)n(C(=O)c2ccc(Br)cc2)c2cc(F)c(OC)cc12. The predicted molar refractivity (Wildman–Crippen MR) is 112 cm³/mol. The van der Waals surface area contributed by atoms with Crippen LogP contribution in [-0.4, -0.2) is 30.2 Å². The fourth-order valence-corrected chi connectivity index (χ4v) is 3.52. The van der Waals surface area contributed by atoms with Crippen LogP contribution in [0.4, 0.5) is 4.39 Å². The number of esters is 1. The molecule has 0 atom stereocenters. The highest BCUT2D eigenvalue weighted by atomic mass is 79.9. The minimum absolute atomic E-state index is 0.0161. The number of aromatic nitrogens is 1. The molecule has 1 aromatic heterocycles. The number of rotatable bonds is 6. The topological polar surface area (TPSA) is 57.5 Å². The molecule has 0 unspecified atom stereocenters. The van der Waals surface area contributed by atoms with Gasteiger partial charge in [-0.2, -0.15) is 0 Å². The van der Waals surface area contributed by atoms with Crippen LogP contribution in [0.1, 0.15) is 35.0 Å². The Bertz CT molecular complexity index is 1070. The fraction of sp³-hybridized carbons (Fsp3) is 0.273.